The summed E-state index contributed by atoms with van der Waals surface area (Å²) in [4.78, 5) is 21.8. The van der Waals surface area contributed by atoms with Gasteiger partial charge in [0, 0.05) is 13.0 Å². The zero-order chi connectivity index (χ0) is 9.56. The molecule has 1 unspecified atom stereocenters. The molecule has 0 rings (SSSR count). The van der Waals surface area contributed by atoms with Crippen LogP contribution in [0.1, 0.15) is 13.3 Å². The molecule has 0 aliphatic rings. The summed E-state index contributed by atoms with van der Waals surface area (Å²) in [6.45, 7) is 2.06. The fourth-order valence-corrected chi connectivity index (χ4v) is 0.732. The molecule has 4 nitrogen and oxygen atoms in total. The summed E-state index contributed by atoms with van der Waals surface area (Å²) in [7, 11) is 2.78. The molecule has 70 valence electrons. The van der Waals surface area contributed by atoms with Gasteiger partial charge in [0.15, 0.2) is 0 Å². The van der Waals surface area contributed by atoms with Gasteiger partial charge in [-0.15, -0.1) is 0 Å². The molecule has 12 heavy (non-hydrogen) atoms. The average Bonchev–Trinajstić information content (AvgIpc) is 2.04. The van der Waals surface area contributed by atoms with E-state index >= 15 is 0 Å². The fourth-order valence-electron chi connectivity index (χ4n) is 0.732. The highest BCUT2D eigenvalue weighted by molar-refractivity contribution is 5.96. The van der Waals surface area contributed by atoms with Crippen molar-refractivity contribution in [1.29, 1.82) is 0 Å². The molecule has 0 N–H and O–H groups in total. The largest absolute Gasteiger partial charge is 0.469 e. The minimum absolute atomic E-state index is 0.149. The Balaban J connectivity index is 3.78. The van der Waals surface area contributed by atoms with Crippen molar-refractivity contribution < 1.29 is 19.1 Å². The maximum Gasteiger partial charge on any atom is 0.313 e. The molecular formula is C8H14O4. The Kier molecular flexibility index (Phi) is 5.28. The van der Waals surface area contributed by atoms with Crippen molar-refractivity contribution in [3.05, 3.63) is 0 Å². The van der Waals surface area contributed by atoms with Crippen LogP contribution in [0.5, 0.6) is 0 Å². The molecule has 4 heteroatoms. The lowest BCUT2D eigenvalue weighted by atomic mass is 10.1. The van der Waals surface area contributed by atoms with Gasteiger partial charge in [-0.05, 0) is 0 Å². The van der Waals surface area contributed by atoms with Gasteiger partial charge < -0.3 is 9.47 Å². The lowest BCUT2D eigenvalue weighted by molar-refractivity contribution is -0.144. The summed E-state index contributed by atoms with van der Waals surface area (Å²) in [5, 5.41) is 0. The van der Waals surface area contributed by atoms with Crippen LogP contribution in [0.25, 0.3) is 0 Å². The lowest BCUT2D eigenvalue weighted by Gasteiger charge is -2.07. The number of hydrogen-bond acceptors (Lipinski definition) is 4. The topological polar surface area (TPSA) is 52.6 Å². The molecule has 0 aromatic carbocycles. The van der Waals surface area contributed by atoms with Gasteiger partial charge in [0.05, 0.1) is 13.7 Å². The zero-order valence-electron chi connectivity index (χ0n) is 7.62. The monoisotopic (exact) mass is 174 g/mol. The Morgan fingerprint density at radius 2 is 1.92 bits per heavy atom. The standard InChI is InChI=1S/C8H14O4/c1-6(5-11-2)7(9)4-8(10)12-3/h6H,4-5H2,1-3H3. The average molecular weight is 174 g/mol. The molecule has 0 aromatic heterocycles. The van der Waals surface area contributed by atoms with Crippen LogP contribution in [0.4, 0.5) is 0 Å². The van der Waals surface area contributed by atoms with Crippen molar-refractivity contribution in [2.24, 2.45) is 5.92 Å². The fraction of sp³-hybridized carbons (Fsp3) is 0.750. The molecule has 0 amide bonds. The number of ketones is 1. The van der Waals surface area contributed by atoms with E-state index in [1.807, 2.05) is 0 Å². The second kappa shape index (κ2) is 5.71. The number of esters is 1. The highest BCUT2D eigenvalue weighted by atomic mass is 16.5. The minimum Gasteiger partial charge on any atom is -0.469 e. The summed E-state index contributed by atoms with van der Waals surface area (Å²) in [6, 6.07) is 0. The molecule has 0 aromatic rings. The molecule has 0 radical (unpaired) electrons. The molecule has 0 fully saturated rings. The van der Waals surface area contributed by atoms with E-state index in [2.05, 4.69) is 4.74 Å². The number of carbonyl (C=O) groups excluding carboxylic acids is 2. The predicted octanol–water partition coefficient (Wildman–Crippen LogP) is 0.401. The van der Waals surface area contributed by atoms with Gasteiger partial charge >= 0.3 is 5.97 Å². The molecule has 0 saturated carbocycles. The molecule has 0 bridgehead atoms. The van der Waals surface area contributed by atoms with E-state index in [1.165, 1.54) is 14.2 Å². The van der Waals surface area contributed by atoms with Crippen LogP contribution in [-0.2, 0) is 19.1 Å². The summed E-state index contributed by atoms with van der Waals surface area (Å²) in [5.74, 6) is -0.888. The lowest BCUT2D eigenvalue weighted by Crippen LogP contribution is -2.20. The highest BCUT2D eigenvalue weighted by Crippen LogP contribution is 2.01. The van der Waals surface area contributed by atoms with Gasteiger partial charge in [0.25, 0.3) is 0 Å². The van der Waals surface area contributed by atoms with E-state index < -0.39 is 5.97 Å². The summed E-state index contributed by atoms with van der Waals surface area (Å²) >= 11 is 0. The van der Waals surface area contributed by atoms with Gasteiger partial charge in [0.1, 0.15) is 12.2 Å². The Morgan fingerprint density at radius 3 is 2.33 bits per heavy atom. The maximum atomic E-state index is 11.1. The molecule has 0 saturated heterocycles. The van der Waals surface area contributed by atoms with Crippen molar-refractivity contribution in [2.45, 2.75) is 13.3 Å². The van der Waals surface area contributed by atoms with E-state index in [1.54, 1.807) is 6.92 Å². The second-order valence-electron chi connectivity index (χ2n) is 2.58. The third-order valence-electron chi connectivity index (χ3n) is 1.51. The zero-order valence-corrected chi connectivity index (χ0v) is 7.62. The quantitative estimate of drug-likeness (QED) is 0.447. The molecular weight excluding hydrogens is 160 g/mol. The summed E-state index contributed by atoms with van der Waals surface area (Å²) < 4.78 is 9.12. The second-order valence-corrected chi connectivity index (χ2v) is 2.58. The maximum absolute atomic E-state index is 11.1. The first-order chi connectivity index (χ1) is 5.61. The predicted molar refractivity (Wildman–Crippen MR) is 42.7 cm³/mol. The number of hydrogen-bond donors (Lipinski definition) is 0. The normalized spacial score (nSPS) is 12.2. The van der Waals surface area contributed by atoms with Crippen LogP contribution in [-0.4, -0.2) is 32.6 Å². The van der Waals surface area contributed by atoms with Crippen LogP contribution in [0.3, 0.4) is 0 Å². The number of rotatable bonds is 5. The van der Waals surface area contributed by atoms with Gasteiger partial charge in [0.2, 0.25) is 0 Å². The Labute approximate surface area is 71.8 Å². The minimum atomic E-state index is -0.497. The SMILES string of the molecule is COCC(C)C(=O)CC(=O)OC. The van der Waals surface area contributed by atoms with E-state index in [0.29, 0.717) is 6.61 Å². The van der Waals surface area contributed by atoms with Crippen LogP contribution < -0.4 is 0 Å². The van der Waals surface area contributed by atoms with Crippen LogP contribution in [0.15, 0.2) is 0 Å². The Morgan fingerprint density at radius 1 is 1.33 bits per heavy atom. The smallest absolute Gasteiger partial charge is 0.313 e. The van der Waals surface area contributed by atoms with Crippen LogP contribution in [0, 0.1) is 5.92 Å². The number of Topliss-reactive ketones (excluding diaryl/α,β-unsaturated/α-hetero) is 1. The van der Waals surface area contributed by atoms with Gasteiger partial charge in [-0.1, -0.05) is 6.92 Å². The first kappa shape index (κ1) is 11.1. The van der Waals surface area contributed by atoms with Crippen molar-refractivity contribution in [2.75, 3.05) is 20.8 Å². The van der Waals surface area contributed by atoms with Crippen molar-refractivity contribution in [1.82, 2.24) is 0 Å². The summed E-state index contributed by atoms with van der Waals surface area (Å²) in [6.07, 6.45) is -0.166. The van der Waals surface area contributed by atoms with E-state index in [9.17, 15) is 9.59 Å². The van der Waals surface area contributed by atoms with Crippen molar-refractivity contribution >= 4 is 11.8 Å². The van der Waals surface area contributed by atoms with Crippen molar-refractivity contribution in [3.8, 4) is 0 Å². The number of methoxy groups -OCH3 is 2. The molecule has 0 spiro atoms. The summed E-state index contributed by atoms with van der Waals surface area (Å²) in [5.41, 5.74) is 0. The van der Waals surface area contributed by atoms with E-state index in [-0.39, 0.29) is 18.1 Å². The molecule has 0 aliphatic carbocycles. The first-order valence-electron chi connectivity index (χ1n) is 3.70. The number of carbonyl (C=O) groups is 2. The Bertz CT molecular complexity index is 164. The number of ether oxygens (including phenoxy) is 2. The van der Waals surface area contributed by atoms with Gasteiger partial charge in [-0.3, -0.25) is 9.59 Å². The molecule has 1 atom stereocenters. The van der Waals surface area contributed by atoms with E-state index in [0.717, 1.165) is 0 Å². The third-order valence-corrected chi connectivity index (χ3v) is 1.51. The van der Waals surface area contributed by atoms with Gasteiger partial charge in [-0.2, -0.15) is 0 Å². The van der Waals surface area contributed by atoms with E-state index in [4.69, 9.17) is 4.74 Å². The van der Waals surface area contributed by atoms with Crippen molar-refractivity contribution in [3.63, 3.8) is 0 Å². The molecule has 0 heterocycles. The Hall–Kier alpha value is -0.900. The van der Waals surface area contributed by atoms with Crippen LogP contribution >= 0.6 is 0 Å². The third kappa shape index (κ3) is 4.08. The highest BCUT2D eigenvalue weighted by Gasteiger charge is 2.16. The van der Waals surface area contributed by atoms with Crippen LogP contribution in [0.2, 0.25) is 0 Å². The van der Waals surface area contributed by atoms with Gasteiger partial charge in [-0.25, -0.2) is 0 Å². The molecule has 0 aliphatic heterocycles. The first-order valence-corrected chi connectivity index (χ1v) is 3.70.